The van der Waals surface area contributed by atoms with Crippen molar-refractivity contribution in [1.82, 2.24) is 14.6 Å². The van der Waals surface area contributed by atoms with Gasteiger partial charge in [0.05, 0.1) is 23.0 Å². The molecule has 1 unspecified atom stereocenters. The maximum Gasteiger partial charge on any atom is 0.155 e. The Kier molecular flexibility index (Phi) is 6.40. The molecule has 0 radical (unpaired) electrons. The lowest BCUT2D eigenvalue weighted by Crippen LogP contribution is -2.24. The van der Waals surface area contributed by atoms with E-state index in [0.717, 1.165) is 75.8 Å². The maximum absolute atomic E-state index is 6.29. The van der Waals surface area contributed by atoms with Gasteiger partial charge in [-0.3, -0.25) is 14.7 Å². The third kappa shape index (κ3) is 4.85. The fraction of sp³-hybridized carbons (Fsp3) is 0.321. The molecule has 180 valence electrons. The number of hydrogen-bond donors (Lipinski definition) is 1. The minimum Gasteiger partial charge on any atom is -0.487 e. The van der Waals surface area contributed by atoms with E-state index >= 15 is 0 Å². The molecule has 0 fully saturated rings. The lowest BCUT2D eigenvalue weighted by molar-refractivity contribution is 0.355. The fourth-order valence-electron chi connectivity index (χ4n) is 4.10. The number of aromatic nitrogens is 3. The van der Waals surface area contributed by atoms with Gasteiger partial charge < -0.3 is 14.6 Å². The highest BCUT2D eigenvalue weighted by Crippen LogP contribution is 2.35. The van der Waals surface area contributed by atoms with Gasteiger partial charge >= 0.3 is 0 Å². The number of aryl methyl sites for hydroxylation is 2. The average molecular weight is 470 g/mol. The lowest BCUT2D eigenvalue weighted by Gasteiger charge is -2.14. The number of aliphatic imine (C=N–C) groups is 1. The van der Waals surface area contributed by atoms with Gasteiger partial charge in [0, 0.05) is 30.4 Å². The van der Waals surface area contributed by atoms with Crippen LogP contribution in [0, 0.1) is 6.92 Å². The standard InChI is InChI=1S/C28H31N5O2/c1-5-18(3)32-33-16-25(30-19(33)4)28-14-23-26(12-20(6-2)13-27(23)35-28)34-17-22-9-10-24(31-22)21-8-7-11-29-15-21/h7-9,11-16,18,32H,5-6,10,17H2,1-4H3. The first-order chi connectivity index (χ1) is 17.0. The minimum absolute atomic E-state index is 0.352. The molecule has 1 aromatic carbocycles. The second-order valence-electron chi connectivity index (χ2n) is 8.94. The highest BCUT2D eigenvalue weighted by Gasteiger charge is 2.17. The Morgan fingerprint density at radius 3 is 2.89 bits per heavy atom. The summed E-state index contributed by atoms with van der Waals surface area (Å²) in [5.41, 5.74) is 9.19. The van der Waals surface area contributed by atoms with Crippen molar-refractivity contribution in [3.05, 3.63) is 77.6 Å². The van der Waals surface area contributed by atoms with E-state index in [1.54, 1.807) is 6.20 Å². The van der Waals surface area contributed by atoms with Crippen molar-refractivity contribution in [3.8, 4) is 17.2 Å². The topological polar surface area (TPSA) is 77.5 Å². The number of imidazole rings is 1. The van der Waals surface area contributed by atoms with Crippen LogP contribution >= 0.6 is 0 Å². The molecule has 0 amide bonds. The highest BCUT2D eigenvalue weighted by atomic mass is 16.5. The molecular formula is C28H31N5O2. The molecule has 35 heavy (non-hydrogen) atoms. The SMILES string of the molecule is CCc1cc(OCC2=CCC(c3cccnc3)=N2)c2cc(-c3cn(NC(C)CC)c(C)n3)oc2c1. The van der Waals surface area contributed by atoms with Gasteiger partial charge in [-0.2, -0.15) is 0 Å². The van der Waals surface area contributed by atoms with E-state index in [0.29, 0.717) is 12.6 Å². The van der Waals surface area contributed by atoms with E-state index in [2.05, 4.69) is 49.4 Å². The van der Waals surface area contributed by atoms with Crippen molar-refractivity contribution in [2.45, 2.75) is 53.0 Å². The van der Waals surface area contributed by atoms with Crippen LogP contribution in [-0.4, -0.2) is 33.0 Å². The van der Waals surface area contributed by atoms with Crippen LogP contribution in [0.4, 0.5) is 0 Å². The van der Waals surface area contributed by atoms with Crippen LogP contribution in [0.1, 0.15) is 50.6 Å². The smallest absolute Gasteiger partial charge is 0.155 e. The van der Waals surface area contributed by atoms with E-state index in [1.165, 1.54) is 0 Å². The summed E-state index contributed by atoms with van der Waals surface area (Å²) in [4.78, 5) is 13.7. The number of ether oxygens (including phenoxy) is 1. The number of rotatable bonds is 9. The average Bonchev–Trinajstić information content (AvgIpc) is 3.61. The molecule has 0 bridgehead atoms. The molecule has 0 saturated heterocycles. The molecule has 1 atom stereocenters. The van der Waals surface area contributed by atoms with Gasteiger partial charge in [-0.05, 0) is 56.5 Å². The van der Waals surface area contributed by atoms with Crippen LogP contribution < -0.4 is 10.2 Å². The normalized spacial score (nSPS) is 14.2. The third-order valence-corrected chi connectivity index (χ3v) is 6.35. The predicted molar refractivity (Wildman–Crippen MR) is 140 cm³/mol. The lowest BCUT2D eigenvalue weighted by atomic mass is 10.1. The highest BCUT2D eigenvalue weighted by molar-refractivity contribution is 6.03. The summed E-state index contributed by atoms with van der Waals surface area (Å²) in [6.45, 7) is 8.83. The van der Waals surface area contributed by atoms with Gasteiger partial charge in [-0.15, -0.1) is 0 Å². The van der Waals surface area contributed by atoms with Crippen molar-refractivity contribution < 1.29 is 9.15 Å². The summed E-state index contributed by atoms with van der Waals surface area (Å²) in [7, 11) is 0. The van der Waals surface area contributed by atoms with Crippen molar-refractivity contribution in [2.75, 3.05) is 12.0 Å². The molecule has 0 aliphatic carbocycles. The Labute approximate surface area is 205 Å². The summed E-state index contributed by atoms with van der Waals surface area (Å²) in [5.74, 6) is 2.42. The summed E-state index contributed by atoms with van der Waals surface area (Å²) >= 11 is 0. The minimum atomic E-state index is 0.352. The molecule has 1 N–H and O–H groups in total. The Morgan fingerprint density at radius 2 is 2.11 bits per heavy atom. The van der Waals surface area contributed by atoms with Crippen molar-refractivity contribution >= 4 is 16.7 Å². The number of hydrogen-bond acceptors (Lipinski definition) is 6. The second-order valence-corrected chi connectivity index (χ2v) is 8.94. The van der Waals surface area contributed by atoms with Crippen LogP contribution in [0.25, 0.3) is 22.4 Å². The van der Waals surface area contributed by atoms with Crippen LogP contribution in [0.3, 0.4) is 0 Å². The molecule has 1 aliphatic heterocycles. The second kappa shape index (κ2) is 9.78. The van der Waals surface area contributed by atoms with Crippen LogP contribution in [-0.2, 0) is 6.42 Å². The van der Waals surface area contributed by atoms with Crippen molar-refractivity contribution in [3.63, 3.8) is 0 Å². The molecular weight excluding hydrogens is 438 g/mol. The Bertz CT molecular complexity index is 1400. The van der Waals surface area contributed by atoms with E-state index in [9.17, 15) is 0 Å². The van der Waals surface area contributed by atoms with Gasteiger partial charge in [0.15, 0.2) is 5.76 Å². The zero-order valence-corrected chi connectivity index (χ0v) is 20.7. The van der Waals surface area contributed by atoms with Crippen molar-refractivity contribution in [2.24, 2.45) is 4.99 Å². The first kappa shape index (κ1) is 22.9. The van der Waals surface area contributed by atoms with E-state index in [1.807, 2.05) is 42.2 Å². The van der Waals surface area contributed by atoms with Gasteiger partial charge in [0.25, 0.3) is 0 Å². The van der Waals surface area contributed by atoms with Gasteiger partial charge in [-0.1, -0.05) is 26.0 Å². The van der Waals surface area contributed by atoms with Gasteiger partial charge in [0.2, 0.25) is 0 Å². The molecule has 7 heteroatoms. The number of pyridine rings is 1. The summed E-state index contributed by atoms with van der Waals surface area (Å²) in [6, 6.07) is 10.5. The van der Waals surface area contributed by atoms with Gasteiger partial charge in [0.1, 0.15) is 29.5 Å². The van der Waals surface area contributed by atoms with Crippen LogP contribution in [0.2, 0.25) is 0 Å². The molecule has 5 rings (SSSR count). The molecule has 0 spiro atoms. The Morgan fingerprint density at radius 1 is 1.23 bits per heavy atom. The zero-order chi connectivity index (χ0) is 24.4. The molecule has 0 saturated carbocycles. The summed E-state index contributed by atoms with van der Waals surface area (Å²) in [6.07, 6.45) is 10.4. The number of furan rings is 1. The van der Waals surface area contributed by atoms with Gasteiger partial charge in [-0.25, -0.2) is 4.98 Å². The number of nitrogens with one attached hydrogen (secondary N) is 1. The maximum atomic E-state index is 6.29. The Hall–Kier alpha value is -3.87. The molecule has 7 nitrogen and oxygen atoms in total. The first-order valence-electron chi connectivity index (χ1n) is 12.2. The fourth-order valence-corrected chi connectivity index (χ4v) is 4.10. The van der Waals surface area contributed by atoms with Crippen LogP contribution in [0.5, 0.6) is 5.75 Å². The van der Waals surface area contributed by atoms with Crippen molar-refractivity contribution in [1.29, 1.82) is 0 Å². The molecule has 1 aliphatic rings. The molecule has 3 aromatic heterocycles. The largest absolute Gasteiger partial charge is 0.487 e. The molecule has 4 heterocycles. The Balaban J connectivity index is 1.39. The number of benzene rings is 1. The van der Waals surface area contributed by atoms with E-state index in [-0.39, 0.29) is 0 Å². The van der Waals surface area contributed by atoms with E-state index < -0.39 is 0 Å². The summed E-state index contributed by atoms with van der Waals surface area (Å²) < 4.78 is 14.5. The zero-order valence-electron chi connectivity index (χ0n) is 20.7. The predicted octanol–water partition coefficient (Wildman–Crippen LogP) is 6.06. The number of allylic oxidation sites excluding steroid dienone is 1. The monoisotopic (exact) mass is 469 g/mol. The van der Waals surface area contributed by atoms with Crippen LogP contribution in [0.15, 0.2) is 70.1 Å². The first-order valence-corrected chi connectivity index (χ1v) is 12.2. The summed E-state index contributed by atoms with van der Waals surface area (Å²) in [5, 5.41) is 0.939. The van der Waals surface area contributed by atoms with E-state index in [4.69, 9.17) is 19.1 Å². The number of fused-ring (bicyclic) bond motifs is 1. The quantitative estimate of drug-likeness (QED) is 0.322. The third-order valence-electron chi connectivity index (χ3n) is 6.35. The number of nitrogens with zero attached hydrogens (tertiary/aromatic N) is 4. The molecule has 4 aromatic rings.